The average Bonchev–Trinajstić information content (AvgIpc) is 2.81. The van der Waals surface area contributed by atoms with Gasteiger partial charge in [0.1, 0.15) is 4.21 Å². The molecule has 18 heavy (non-hydrogen) atoms. The number of aryl methyl sites for hydroxylation is 1. The lowest BCUT2D eigenvalue weighted by molar-refractivity contribution is 0.101. The number of nitrogens with one attached hydrogen (secondary N) is 1. The van der Waals surface area contributed by atoms with Crippen molar-refractivity contribution in [3.05, 3.63) is 17.0 Å². The van der Waals surface area contributed by atoms with Crippen molar-refractivity contribution in [3.63, 3.8) is 0 Å². The van der Waals surface area contributed by atoms with Gasteiger partial charge < -0.3 is 5.11 Å². The summed E-state index contributed by atoms with van der Waals surface area (Å²) in [5.74, 6) is 0. The summed E-state index contributed by atoms with van der Waals surface area (Å²) in [6, 6.07) is 3.15. The highest BCUT2D eigenvalue weighted by atomic mass is 32.2. The molecule has 1 aliphatic carbocycles. The van der Waals surface area contributed by atoms with Crippen LogP contribution < -0.4 is 4.72 Å². The lowest BCUT2D eigenvalue weighted by Crippen LogP contribution is -2.44. The van der Waals surface area contributed by atoms with E-state index in [2.05, 4.69) is 4.72 Å². The molecule has 6 heteroatoms. The Morgan fingerprint density at radius 2 is 2.11 bits per heavy atom. The van der Waals surface area contributed by atoms with Crippen LogP contribution in [0.15, 0.2) is 16.3 Å². The molecular weight excluding hydrogens is 270 g/mol. The van der Waals surface area contributed by atoms with E-state index in [0.29, 0.717) is 17.1 Å². The van der Waals surface area contributed by atoms with Crippen molar-refractivity contribution in [2.75, 3.05) is 0 Å². The Morgan fingerprint density at radius 1 is 1.39 bits per heavy atom. The molecule has 0 spiro atoms. The lowest BCUT2D eigenvalue weighted by Gasteiger charge is -2.27. The fraction of sp³-hybridized carbons (Fsp3) is 0.667. The summed E-state index contributed by atoms with van der Waals surface area (Å²) in [7, 11) is -3.47. The molecule has 0 amide bonds. The summed E-state index contributed by atoms with van der Waals surface area (Å²) < 4.78 is 27.3. The van der Waals surface area contributed by atoms with Gasteiger partial charge in [-0.2, -0.15) is 0 Å². The van der Waals surface area contributed by atoms with Crippen LogP contribution in [0.25, 0.3) is 0 Å². The number of hydrogen-bond donors (Lipinski definition) is 2. The van der Waals surface area contributed by atoms with Crippen LogP contribution in [-0.4, -0.2) is 25.7 Å². The molecule has 1 aromatic rings. The summed E-state index contributed by atoms with van der Waals surface area (Å²) in [5, 5.41) is 9.81. The quantitative estimate of drug-likeness (QED) is 0.889. The first-order valence-corrected chi connectivity index (χ1v) is 8.62. The van der Waals surface area contributed by atoms with Gasteiger partial charge in [0.05, 0.1) is 6.10 Å². The van der Waals surface area contributed by atoms with Crippen molar-refractivity contribution in [2.45, 2.75) is 55.4 Å². The highest BCUT2D eigenvalue weighted by molar-refractivity contribution is 7.91. The van der Waals surface area contributed by atoms with Crippen molar-refractivity contribution < 1.29 is 13.5 Å². The van der Waals surface area contributed by atoms with Gasteiger partial charge in [0.15, 0.2) is 0 Å². The minimum absolute atomic E-state index is 0.337. The van der Waals surface area contributed by atoms with E-state index in [0.717, 1.165) is 24.1 Å². The van der Waals surface area contributed by atoms with Crippen molar-refractivity contribution in [3.8, 4) is 0 Å². The fourth-order valence-electron chi connectivity index (χ4n) is 2.20. The van der Waals surface area contributed by atoms with Crippen molar-refractivity contribution >= 4 is 21.4 Å². The van der Waals surface area contributed by atoms with Crippen LogP contribution in [0, 0.1) is 0 Å². The molecule has 1 aromatic heterocycles. The molecule has 1 fully saturated rings. The maximum Gasteiger partial charge on any atom is 0.250 e. The maximum atomic E-state index is 12.2. The molecule has 1 aliphatic rings. The molecule has 0 aromatic carbocycles. The molecule has 102 valence electrons. The molecule has 2 N–H and O–H groups in total. The largest absolute Gasteiger partial charge is 0.391 e. The SMILES string of the molecule is CCc1ccc(S(=O)(=O)N[C@H]2CCCC[C@@H]2O)s1. The molecule has 1 saturated carbocycles. The lowest BCUT2D eigenvalue weighted by atomic mass is 9.93. The topological polar surface area (TPSA) is 66.4 Å². The van der Waals surface area contributed by atoms with Crippen molar-refractivity contribution in [2.24, 2.45) is 0 Å². The van der Waals surface area contributed by atoms with Crippen molar-refractivity contribution in [1.82, 2.24) is 4.72 Å². The second-order valence-electron chi connectivity index (χ2n) is 4.65. The fourth-order valence-corrected chi connectivity index (χ4v) is 4.81. The number of sulfonamides is 1. The van der Waals surface area contributed by atoms with Crippen LogP contribution in [0.3, 0.4) is 0 Å². The number of hydrogen-bond acceptors (Lipinski definition) is 4. The summed E-state index contributed by atoms with van der Waals surface area (Å²) in [6.45, 7) is 2.00. The van der Waals surface area contributed by atoms with Crippen LogP contribution in [0.1, 0.15) is 37.5 Å². The minimum atomic E-state index is -3.47. The Kier molecular flexibility index (Phi) is 4.42. The first kappa shape index (κ1) is 14.0. The average molecular weight is 289 g/mol. The third-order valence-corrected chi connectivity index (χ3v) is 6.50. The van der Waals surface area contributed by atoms with Gasteiger partial charge in [-0.05, 0) is 31.4 Å². The Balaban J connectivity index is 2.11. The summed E-state index contributed by atoms with van der Waals surface area (Å²) >= 11 is 1.30. The van der Waals surface area contributed by atoms with E-state index in [-0.39, 0.29) is 6.04 Å². The Labute approximate surface area is 112 Å². The zero-order chi connectivity index (χ0) is 13.2. The van der Waals surface area contributed by atoms with Gasteiger partial charge in [-0.25, -0.2) is 13.1 Å². The number of rotatable bonds is 4. The Bertz CT molecular complexity index is 495. The van der Waals surface area contributed by atoms with Crippen LogP contribution >= 0.6 is 11.3 Å². The molecule has 1 heterocycles. The Morgan fingerprint density at radius 3 is 2.72 bits per heavy atom. The van der Waals surface area contributed by atoms with Gasteiger partial charge in [-0.3, -0.25) is 0 Å². The second kappa shape index (κ2) is 5.69. The van der Waals surface area contributed by atoms with E-state index < -0.39 is 16.1 Å². The highest BCUT2D eigenvalue weighted by Gasteiger charge is 2.28. The van der Waals surface area contributed by atoms with E-state index in [9.17, 15) is 13.5 Å². The molecule has 0 radical (unpaired) electrons. The van der Waals surface area contributed by atoms with E-state index >= 15 is 0 Å². The van der Waals surface area contributed by atoms with Gasteiger partial charge in [-0.1, -0.05) is 19.8 Å². The first-order chi connectivity index (χ1) is 8.53. The monoisotopic (exact) mass is 289 g/mol. The van der Waals surface area contributed by atoms with Crippen LogP contribution in [-0.2, 0) is 16.4 Å². The zero-order valence-electron chi connectivity index (χ0n) is 10.4. The molecule has 0 bridgehead atoms. The van der Waals surface area contributed by atoms with Crippen LogP contribution in [0.4, 0.5) is 0 Å². The molecule has 0 saturated heterocycles. The maximum absolute atomic E-state index is 12.2. The van der Waals surface area contributed by atoms with Crippen molar-refractivity contribution in [1.29, 1.82) is 0 Å². The standard InChI is InChI=1S/C12H19NO3S2/c1-2-9-7-8-12(17-9)18(15,16)13-10-5-3-4-6-11(10)14/h7-8,10-11,13-14H,2-6H2,1H3/t10-,11-/m0/s1. The van der Waals surface area contributed by atoms with E-state index in [1.165, 1.54) is 11.3 Å². The van der Waals surface area contributed by atoms with Gasteiger partial charge in [0.25, 0.3) is 0 Å². The van der Waals surface area contributed by atoms with Crippen LogP contribution in [0.2, 0.25) is 0 Å². The summed E-state index contributed by atoms with van der Waals surface area (Å²) in [6.07, 6.45) is 3.61. The smallest absolute Gasteiger partial charge is 0.250 e. The predicted molar refractivity (Wildman–Crippen MR) is 72.3 cm³/mol. The number of aliphatic hydroxyl groups is 1. The molecular formula is C12H19NO3S2. The van der Waals surface area contributed by atoms with E-state index in [4.69, 9.17) is 0 Å². The second-order valence-corrected chi connectivity index (χ2v) is 7.76. The number of thiophene rings is 1. The normalized spacial score (nSPS) is 25.2. The zero-order valence-corrected chi connectivity index (χ0v) is 12.1. The molecule has 0 unspecified atom stereocenters. The van der Waals surface area contributed by atoms with Gasteiger partial charge in [-0.15, -0.1) is 11.3 Å². The van der Waals surface area contributed by atoms with Gasteiger partial charge >= 0.3 is 0 Å². The first-order valence-electron chi connectivity index (χ1n) is 6.32. The minimum Gasteiger partial charge on any atom is -0.391 e. The summed E-state index contributed by atoms with van der Waals surface area (Å²) in [4.78, 5) is 1.06. The van der Waals surface area contributed by atoms with E-state index in [1.54, 1.807) is 6.07 Å². The van der Waals surface area contributed by atoms with Gasteiger partial charge in [0.2, 0.25) is 10.0 Å². The predicted octanol–water partition coefficient (Wildman–Crippen LogP) is 1.89. The molecule has 0 aliphatic heterocycles. The molecule has 4 nitrogen and oxygen atoms in total. The third kappa shape index (κ3) is 3.12. The number of aliphatic hydroxyl groups excluding tert-OH is 1. The highest BCUT2D eigenvalue weighted by Crippen LogP contribution is 2.24. The van der Waals surface area contributed by atoms with Crippen LogP contribution in [0.5, 0.6) is 0 Å². The molecule has 2 rings (SSSR count). The summed E-state index contributed by atoms with van der Waals surface area (Å²) in [5.41, 5.74) is 0. The Hall–Kier alpha value is -0.430. The molecule has 2 atom stereocenters. The van der Waals surface area contributed by atoms with Gasteiger partial charge in [0, 0.05) is 10.9 Å². The third-order valence-electron chi connectivity index (χ3n) is 3.29. The van der Waals surface area contributed by atoms with E-state index in [1.807, 2.05) is 13.0 Å².